The van der Waals surface area contributed by atoms with Crippen LogP contribution in [0.4, 0.5) is 10.5 Å². The third-order valence-corrected chi connectivity index (χ3v) is 5.82. The van der Waals surface area contributed by atoms with Crippen LogP contribution in [0.1, 0.15) is 23.9 Å². The second-order valence-electron chi connectivity index (χ2n) is 7.33. The Morgan fingerprint density at radius 3 is 2.61 bits per heavy atom. The SMILES string of the molecule is Cc1ccc(NC(=O)NC(=O)C(C)Sc2nc3ccccc3c3nc(C)nn23)c(C)c1. The Morgan fingerprint density at radius 2 is 1.84 bits per heavy atom. The molecule has 31 heavy (non-hydrogen) atoms. The lowest BCUT2D eigenvalue weighted by molar-refractivity contribution is -0.119. The number of hydrogen-bond donors (Lipinski definition) is 2. The number of benzene rings is 2. The molecule has 2 heterocycles. The van der Waals surface area contributed by atoms with Crippen LogP contribution in [0.5, 0.6) is 0 Å². The number of amides is 3. The van der Waals surface area contributed by atoms with Gasteiger partial charge in [-0.15, -0.1) is 5.10 Å². The molecule has 0 aliphatic carbocycles. The maximum atomic E-state index is 12.6. The maximum Gasteiger partial charge on any atom is 0.325 e. The normalized spacial score (nSPS) is 12.1. The van der Waals surface area contributed by atoms with Gasteiger partial charge in [0.25, 0.3) is 0 Å². The summed E-state index contributed by atoms with van der Waals surface area (Å²) in [5, 5.41) is 10.4. The number of nitrogens with one attached hydrogen (secondary N) is 2. The van der Waals surface area contributed by atoms with Gasteiger partial charge in [-0.3, -0.25) is 10.1 Å². The fourth-order valence-electron chi connectivity index (χ4n) is 3.24. The average Bonchev–Trinajstić information content (AvgIpc) is 3.12. The summed E-state index contributed by atoms with van der Waals surface area (Å²) < 4.78 is 1.64. The Labute approximate surface area is 183 Å². The molecule has 3 amide bonds. The van der Waals surface area contributed by atoms with Crippen molar-refractivity contribution >= 4 is 45.9 Å². The molecule has 0 aliphatic rings. The smallest absolute Gasteiger partial charge is 0.307 e. The summed E-state index contributed by atoms with van der Waals surface area (Å²) in [7, 11) is 0. The molecule has 9 heteroatoms. The molecule has 2 aromatic carbocycles. The van der Waals surface area contributed by atoms with Gasteiger partial charge in [-0.1, -0.05) is 41.6 Å². The van der Waals surface area contributed by atoms with Gasteiger partial charge in [0.2, 0.25) is 5.91 Å². The van der Waals surface area contributed by atoms with Crippen LogP contribution in [-0.2, 0) is 4.79 Å². The Hall–Kier alpha value is -3.46. The van der Waals surface area contributed by atoms with Crippen molar-refractivity contribution in [2.75, 3.05) is 5.32 Å². The van der Waals surface area contributed by atoms with Crippen molar-refractivity contribution in [3.63, 3.8) is 0 Å². The molecule has 0 aliphatic heterocycles. The summed E-state index contributed by atoms with van der Waals surface area (Å²) in [6, 6.07) is 12.8. The zero-order chi connectivity index (χ0) is 22.1. The zero-order valence-electron chi connectivity index (χ0n) is 17.6. The van der Waals surface area contributed by atoms with Crippen LogP contribution in [0.15, 0.2) is 47.6 Å². The Balaban J connectivity index is 1.51. The van der Waals surface area contributed by atoms with Crippen molar-refractivity contribution in [1.29, 1.82) is 0 Å². The van der Waals surface area contributed by atoms with E-state index in [4.69, 9.17) is 0 Å². The van der Waals surface area contributed by atoms with E-state index in [-0.39, 0.29) is 0 Å². The second-order valence-corrected chi connectivity index (χ2v) is 8.64. The van der Waals surface area contributed by atoms with Crippen molar-refractivity contribution in [3.8, 4) is 0 Å². The van der Waals surface area contributed by atoms with Crippen molar-refractivity contribution < 1.29 is 9.59 Å². The molecule has 2 N–H and O–H groups in total. The van der Waals surface area contributed by atoms with Gasteiger partial charge in [0.05, 0.1) is 10.8 Å². The molecule has 0 saturated carbocycles. The van der Waals surface area contributed by atoms with Crippen molar-refractivity contribution in [3.05, 3.63) is 59.4 Å². The van der Waals surface area contributed by atoms with Gasteiger partial charge in [0.1, 0.15) is 5.82 Å². The van der Waals surface area contributed by atoms with Crippen LogP contribution < -0.4 is 10.6 Å². The van der Waals surface area contributed by atoms with E-state index in [9.17, 15) is 9.59 Å². The number of carbonyl (C=O) groups excluding carboxylic acids is 2. The second kappa shape index (κ2) is 8.35. The van der Waals surface area contributed by atoms with Crippen molar-refractivity contribution in [1.82, 2.24) is 24.9 Å². The van der Waals surface area contributed by atoms with Crippen LogP contribution >= 0.6 is 11.8 Å². The van der Waals surface area contributed by atoms with Gasteiger partial charge in [-0.05, 0) is 51.5 Å². The van der Waals surface area contributed by atoms with E-state index >= 15 is 0 Å². The highest BCUT2D eigenvalue weighted by Crippen LogP contribution is 2.26. The summed E-state index contributed by atoms with van der Waals surface area (Å²) in [5.41, 5.74) is 4.14. The van der Waals surface area contributed by atoms with Crippen LogP contribution in [0.25, 0.3) is 16.6 Å². The minimum absolute atomic E-state index is 0.424. The summed E-state index contributed by atoms with van der Waals surface area (Å²) >= 11 is 1.22. The van der Waals surface area contributed by atoms with Gasteiger partial charge >= 0.3 is 6.03 Å². The molecule has 0 saturated heterocycles. The molecule has 8 nitrogen and oxygen atoms in total. The van der Waals surface area contributed by atoms with Crippen LogP contribution in [-0.4, -0.2) is 36.8 Å². The lowest BCUT2D eigenvalue weighted by Gasteiger charge is -2.13. The van der Waals surface area contributed by atoms with Crippen molar-refractivity contribution in [2.45, 2.75) is 38.1 Å². The number of imide groups is 1. The van der Waals surface area contributed by atoms with Crippen molar-refractivity contribution in [2.24, 2.45) is 0 Å². The van der Waals surface area contributed by atoms with Crippen LogP contribution in [0.3, 0.4) is 0 Å². The first-order chi connectivity index (χ1) is 14.8. The molecule has 0 spiro atoms. The number of anilines is 1. The number of urea groups is 1. The molecule has 4 rings (SSSR count). The number of nitrogens with zero attached hydrogens (tertiary/aromatic N) is 4. The fraction of sp³-hybridized carbons (Fsp3) is 0.227. The Bertz CT molecular complexity index is 1320. The molecule has 0 bridgehead atoms. The number of hydrogen-bond acceptors (Lipinski definition) is 6. The summed E-state index contributed by atoms with van der Waals surface area (Å²) in [4.78, 5) is 34.1. The minimum Gasteiger partial charge on any atom is -0.307 e. The molecule has 0 fully saturated rings. The quantitative estimate of drug-likeness (QED) is 0.371. The number of aryl methyl sites for hydroxylation is 3. The highest BCUT2D eigenvalue weighted by atomic mass is 32.2. The first-order valence-electron chi connectivity index (χ1n) is 9.79. The van der Waals surface area contributed by atoms with E-state index < -0.39 is 17.2 Å². The number of aromatic nitrogens is 4. The van der Waals surface area contributed by atoms with E-state index in [0.717, 1.165) is 22.0 Å². The average molecular weight is 435 g/mol. The van der Waals surface area contributed by atoms with Gasteiger partial charge in [0, 0.05) is 11.1 Å². The zero-order valence-corrected chi connectivity index (χ0v) is 18.4. The fourth-order valence-corrected chi connectivity index (χ4v) is 4.10. The number of thioether (sulfide) groups is 1. The van der Waals surface area contributed by atoms with E-state index in [1.165, 1.54) is 11.8 Å². The summed E-state index contributed by atoms with van der Waals surface area (Å²) in [6.07, 6.45) is 0. The number of fused-ring (bicyclic) bond motifs is 3. The van der Waals surface area contributed by atoms with E-state index in [0.29, 0.717) is 22.3 Å². The molecular weight excluding hydrogens is 412 g/mol. The number of carbonyl (C=O) groups is 2. The Kier molecular flexibility index (Phi) is 5.60. The topological polar surface area (TPSA) is 101 Å². The number of para-hydroxylation sites is 1. The van der Waals surface area contributed by atoms with Gasteiger partial charge in [-0.25, -0.2) is 14.8 Å². The molecule has 4 aromatic rings. The molecule has 158 valence electrons. The number of rotatable bonds is 4. The lowest BCUT2D eigenvalue weighted by atomic mass is 10.1. The van der Waals surface area contributed by atoms with Gasteiger partial charge in [0.15, 0.2) is 10.8 Å². The van der Waals surface area contributed by atoms with E-state index in [1.54, 1.807) is 11.4 Å². The van der Waals surface area contributed by atoms with E-state index in [2.05, 4.69) is 25.7 Å². The molecule has 2 aromatic heterocycles. The third-order valence-electron chi connectivity index (χ3n) is 4.77. The predicted molar refractivity (Wildman–Crippen MR) is 121 cm³/mol. The predicted octanol–water partition coefficient (Wildman–Crippen LogP) is 4.03. The van der Waals surface area contributed by atoms with Gasteiger partial charge < -0.3 is 5.32 Å². The standard InChI is InChI=1S/C22H22N6O2S/c1-12-9-10-17(13(2)11-12)24-21(30)26-20(29)14(3)31-22-25-18-8-6-5-7-16(18)19-23-15(4)27-28(19)22/h5-11,14H,1-4H3,(H2,24,26,29,30). The minimum atomic E-state index is -0.578. The molecule has 1 unspecified atom stereocenters. The summed E-state index contributed by atoms with van der Waals surface area (Å²) in [5.74, 6) is 0.192. The highest BCUT2D eigenvalue weighted by Gasteiger charge is 2.21. The lowest BCUT2D eigenvalue weighted by Crippen LogP contribution is -2.39. The van der Waals surface area contributed by atoms with Gasteiger partial charge in [-0.2, -0.15) is 4.52 Å². The monoisotopic (exact) mass is 434 g/mol. The Morgan fingerprint density at radius 1 is 1.06 bits per heavy atom. The first kappa shape index (κ1) is 20.8. The van der Waals surface area contributed by atoms with Crippen LogP contribution in [0.2, 0.25) is 0 Å². The first-order valence-corrected chi connectivity index (χ1v) is 10.7. The largest absolute Gasteiger partial charge is 0.325 e. The molecular formula is C22H22N6O2S. The maximum absolute atomic E-state index is 12.6. The van der Waals surface area contributed by atoms with Crippen LogP contribution in [0, 0.1) is 20.8 Å². The highest BCUT2D eigenvalue weighted by molar-refractivity contribution is 8.00. The molecule has 1 atom stereocenters. The summed E-state index contributed by atoms with van der Waals surface area (Å²) in [6.45, 7) is 7.41. The molecule has 0 radical (unpaired) electrons. The van der Waals surface area contributed by atoms with E-state index in [1.807, 2.05) is 63.2 Å². The third kappa shape index (κ3) is 4.36.